The molecular formula is C17H21NO3S. The van der Waals surface area contributed by atoms with Crippen LogP contribution in [0.4, 0.5) is 0 Å². The minimum absolute atomic E-state index is 0.0389. The molecule has 0 N–H and O–H groups in total. The van der Waals surface area contributed by atoms with Gasteiger partial charge in [0.15, 0.2) is 0 Å². The summed E-state index contributed by atoms with van der Waals surface area (Å²) < 4.78 is 7.01. The van der Waals surface area contributed by atoms with Crippen molar-refractivity contribution in [2.24, 2.45) is 0 Å². The van der Waals surface area contributed by atoms with E-state index >= 15 is 0 Å². The van der Waals surface area contributed by atoms with Crippen LogP contribution in [0.2, 0.25) is 0 Å². The van der Waals surface area contributed by atoms with E-state index in [4.69, 9.17) is 4.74 Å². The van der Waals surface area contributed by atoms with Crippen LogP contribution in [0.15, 0.2) is 28.4 Å². The number of benzene rings is 1. The number of carbonyl (C=O) groups is 1. The third-order valence-electron chi connectivity index (χ3n) is 3.49. The molecule has 4 nitrogen and oxygen atoms in total. The quantitative estimate of drug-likeness (QED) is 0.624. The highest BCUT2D eigenvalue weighted by molar-refractivity contribution is 7.07. The van der Waals surface area contributed by atoms with E-state index < -0.39 is 0 Å². The van der Waals surface area contributed by atoms with Crippen LogP contribution in [-0.2, 0) is 11.3 Å². The lowest BCUT2D eigenvalue weighted by Gasteiger charge is -2.11. The minimum atomic E-state index is -0.321. The molecular weight excluding hydrogens is 298 g/mol. The van der Waals surface area contributed by atoms with E-state index in [-0.39, 0.29) is 17.3 Å². The lowest BCUT2D eigenvalue weighted by Crippen LogP contribution is -2.19. The number of hydrogen-bond donors (Lipinski definition) is 0. The summed E-state index contributed by atoms with van der Waals surface area (Å²) in [7, 11) is 0. The molecule has 0 fully saturated rings. The summed E-state index contributed by atoms with van der Waals surface area (Å²) in [5, 5.41) is 1.79. The second kappa shape index (κ2) is 6.92. The molecule has 0 unspecified atom stereocenters. The van der Waals surface area contributed by atoms with Crippen molar-refractivity contribution in [3.05, 3.63) is 50.1 Å². The Labute approximate surface area is 134 Å². The predicted octanol–water partition coefficient (Wildman–Crippen LogP) is 3.65. The lowest BCUT2D eigenvalue weighted by molar-refractivity contribution is -0.134. The number of rotatable bonds is 5. The molecule has 2 aromatic rings. The van der Waals surface area contributed by atoms with Gasteiger partial charge in [-0.1, -0.05) is 31.3 Å². The molecule has 0 aliphatic rings. The Morgan fingerprint density at radius 3 is 2.59 bits per heavy atom. The highest BCUT2D eigenvalue weighted by Gasteiger charge is 2.10. The van der Waals surface area contributed by atoms with Crippen molar-refractivity contribution in [2.75, 3.05) is 0 Å². The van der Waals surface area contributed by atoms with Gasteiger partial charge in [0.05, 0.1) is 6.42 Å². The summed E-state index contributed by atoms with van der Waals surface area (Å²) in [6, 6.07) is 5.85. The number of ether oxygens (including phenoxy) is 1. The van der Waals surface area contributed by atoms with Gasteiger partial charge in [-0.05, 0) is 43.0 Å². The van der Waals surface area contributed by atoms with E-state index in [0.717, 1.165) is 28.2 Å². The van der Waals surface area contributed by atoms with Crippen molar-refractivity contribution < 1.29 is 9.53 Å². The number of esters is 1. The number of nitrogens with zero attached hydrogens (tertiary/aromatic N) is 1. The molecule has 1 heterocycles. The van der Waals surface area contributed by atoms with Crippen molar-refractivity contribution in [1.29, 1.82) is 0 Å². The van der Waals surface area contributed by atoms with Gasteiger partial charge in [0.1, 0.15) is 5.75 Å². The summed E-state index contributed by atoms with van der Waals surface area (Å²) >= 11 is 1.15. The monoisotopic (exact) mass is 319 g/mol. The van der Waals surface area contributed by atoms with Crippen LogP contribution in [0.3, 0.4) is 0 Å². The van der Waals surface area contributed by atoms with Crippen molar-refractivity contribution in [3.8, 4) is 5.75 Å². The molecule has 0 aliphatic carbocycles. The highest BCUT2D eigenvalue weighted by atomic mass is 32.1. The second-order valence-corrected chi connectivity index (χ2v) is 6.57. The van der Waals surface area contributed by atoms with Gasteiger partial charge >= 0.3 is 10.8 Å². The smallest absolute Gasteiger partial charge is 0.312 e. The van der Waals surface area contributed by atoms with E-state index in [1.807, 2.05) is 26.0 Å². The molecule has 1 aromatic carbocycles. The van der Waals surface area contributed by atoms with Crippen molar-refractivity contribution in [3.63, 3.8) is 0 Å². The van der Waals surface area contributed by atoms with E-state index in [0.29, 0.717) is 18.2 Å². The average molecular weight is 319 g/mol. The lowest BCUT2D eigenvalue weighted by atomic mass is 10.0. The van der Waals surface area contributed by atoms with Crippen LogP contribution < -0.4 is 9.61 Å². The molecule has 0 spiro atoms. The van der Waals surface area contributed by atoms with Crippen LogP contribution in [0.25, 0.3) is 0 Å². The van der Waals surface area contributed by atoms with Gasteiger partial charge in [0.25, 0.3) is 0 Å². The molecule has 118 valence electrons. The number of aryl methyl sites for hydroxylation is 2. The van der Waals surface area contributed by atoms with Crippen LogP contribution >= 0.6 is 11.3 Å². The summed E-state index contributed by atoms with van der Waals surface area (Å²) in [4.78, 5) is 23.6. The molecule has 0 aliphatic heterocycles. The fourth-order valence-electron chi connectivity index (χ4n) is 2.23. The Bertz CT molecular complexity index is 728. The van der Waals surface area contributed by atoms with Crippen LogP contribution in [-0.4, -0.2) is 10.5 Å². The molecule has 2 rings (SSSR count). The maximum absolute atomic E-state index is 12.0. The topological polar surface area (TPSA) is 48.3 Å². The molecule has 22 heavy (non-hydrogen) atoms. The Morgan fingerprint density at radius 2 is 2.00 bits per heavy atom. The Hall–Kier alpha value is -1.88. The first kappa shape index (κ1) is 16.5. The summed E-state index contributed by atoms with van der Waals surface area (Å²) in [6.07, 6.45) is 0.183. The maximum Gasteiger partial charge on any atom is 0.312 e. The van der Waals surface area contributed by atoms with E-state index in [1.165, 1.54) is 0 Å². The first-order chi connectivity index (χ1) is 10.4. The zero-order valence-corrected chi connectivity index (χ0v) is 14.2. The van der Waals surface area contributed by atoms with Crippen molar-refractivity contribution >= 4 is 17.3 Å². The predicted molar refractivity (Wildman–Crippen MR) is 88.8 cm³/mol. The zero-order valence-electron chi connectivity index (χ0n) is 13.4. The minimum Gasteiger partial charge on any atom is -0.426 e. The van der Waals surface area contributed by atoms with E-state index in [9.17, 15) is 9.59 Å². The van der Waals surface area contributed by atoms with Gasteiger partial charge in [-0.2, -0.15) is 0 Å². The van der Waals surface area contributed by atoms with Crippen LogP contribution in [0, 0.1) is 13.8 Å². The molecule has 0 saturated heterocycles. The fourth-order valence-corrected chi connectivity index (χ4v) is 2.99. The second-order valence-electron chi connectivity index (χ2n) is 5.75. The highest BCUT2D eigenvalue weighted by Crippen LogP contribution is 2.23. The van der Waals surface area contributed by atoms with Crippen molar-refractivity contribution in [2.45, 2.75) is 46.6 Å². The van der Waals surface area contributed by atoms with Gasteiger partial charge in [0.2, 0.25) is 0 Å². The molecule has 0 bridgehead atoms. The maximum atomic E-state index is 12.0. The fraction of sp³-hybridized carbons (Fsp3) is 0.412. The first-order valence-electron chi connectivity index (χ1n) is 7.34. The molecule has 5 heteroatoms. The van der Waals surface area contributed by atoms with Gasteiger partial charge in [-0.3, -0.25) is 9.59 Å². The SMILES string of the molecule is Cc1cc(OC(=O)CCn2c(C)csc2=O)cc(C(C)C)c1. The number of thiazole rings is 1. The molecule has 0 atom stereocenters. The third-order valence-corrected chi connectivity index (χ3v) is 4.37. The third kappa shape index (κ3) is 4.07. The Kier molecular flexibility index (Phi) is 5.19. The number of carbonyl (C=O) groups excluding carboxylic acids is 1. The van der Waals surface area contributed by atoms with Gasteiger partial charge in [-0.15, -0.1) is 0 Å². The van der Waals surface area contributed by atoms with Gasteiger partial charge in [-0.25, -0.2) is 0 Å². The average Bonchev–Trinajstić information content (AvgIpc) is 2.75. The first-order valence-corrected chi connectivity index (χ1v) is 8.22. The standard InChI is InChI=1S/C17H21NO3S/c1-11(2)14-7-12(3)8-15(9-14)21-16(19)5-6-18-13(4)10-22-17(18)20/h7-11H,5-6H2,1-4H3. The Balaban J connectivity index is 2.02. The summed E-state index contributed by atoms with van der Waals surface area (Å²) in [5.74, 6) is 0.630. The number of hydrogen-bond acceptors (Lipinski definition) is 4. The Morgan fingerprint density at radius 1 is 1.27 bits per heavy atom. The summed E-state index contributed by atoms with van der Waals surface area (Å²) in [5.41, 5.74) is 3.09. The molecule has 0 amide bonds. The van der Waals surface area contributed by atoms with Crippen molar-refractivity contribution in [1.82, 2.24) is 4.57 Å². The van der Waals surface area contributed by atoms with E-state index in [1.54, 1.807) is 9.95 Å². The number of aromatic nitrogens is 1. The molecule has 0 radical (unpaired) electrons. The largest absolute Gasteiger partial charge is 0.426 e. The normalized spacial score (nSPS) is 11.0. The van der Waals surface area contributed by atoms with Crippen LogP contribution in [0.1, 0.15) is 43.0 Å². The van der Waals surface area contributed by atoms with Gasteiger partial charge < -0.3 is 9.30 Å². The molecule has 0 saturated carbocycles. The van der Waals surface area contributed by atoms with Crippen LogP contribution in [0.5, 0.6) is 5.75 Å². The zero-order chi connectivity index (χ0) is 16.3. The van der Waals surface area contributed by atoms with E-state index in [2.05, 4.69) is 19.9 Å². The molecule has 1 aromatic heterocycles. The summed E-state index contributed by atoms with van der Waals surface area (Å²) in [6.45, 7) is 8.41. The van der Waals surface area contributed by atoms with Gasteiger partial charge in [0, 0.05) is 17.6 Å².